The Balaban J connectivity index is 2.08. The maximum absolute atomic E-state index is 1.12. The van der Waals surface area contributed by atoms with E-state index in [4.69, 9.17) is 0 Å². The van der Waals surface area contributed by atoms with E-state index in [2.05, 4.69) is 0 Å². The number of rotatable bonds is 0. The molecule has 0 saturated carbocycles. The molecule has 0 aliphatic carbocycles. The van der Waals surface area contributed by atoms with Crippen LogP contribution in [0.4, 0.5) is 0 Å². The molecule has 5 radical (unpaired) electrons. The number of hydrogen-bond donors (Lipinski definition) is 0. The predicted octanol–water partition coefficient (Wildman–Crippen LogP) is -1.90. The van der Waals surface area contributed by atoms with E-state index in [1.807, 2.05) is 0 Å². The SMILES string of the molecule is [As]1[As][As][As][As]1. The van der Waals surface area contributed by atoms with Crippen LogP contribution in [0, 0.1) is 0 Å². The van der Waals surface area contributed by atoms with Crippen molar-refractivity contribution in [2.45, 2.75) is 0 Å². The van der Waals surface area contributed by atoms with Gasteiger partial charge in [-0.3, -0.25) is 0 Å². The van der Waals surface area contributed by atoms with Gasteiger partial charge in [0, 0.05) is 0 Å². The Morgan fingerprint density at radius 2 is 0.600 bits per heavy atom. The van der Waals surface area contributed by atoms with Gasteiger partial charge in [0.25, 0.3) is 0 Å². The Morgan fingerprint density at radius 1 is 0.400 bits per heavy atom. The molecule has 1 heterocycles. The Morgan fingerprint density at radius 3 is 0.800 bits per heavy atom. The zero-order valence-electron chi connectivity index (χ0n) is 2.24. The van der Waals surface area contributed by atoms with Gasteiger partial charge in [-0.2, -0.15) is 0 Å². The third kappa shape index (κ3) is 2.57. The summed E-state index contributed by atoms with van der Waals surface area (Å²) in [5.74, 6) is 0. The van der Waals surface area contributed by atoms with Crippen molar-refractivity contribution in [3.8, 4) is 0 Å². The average Bonchev–Trinajstić information content (AvgIpc) is 1.76. The summed E-state index contributed by atoms with van der Waals surface area (Å²) in [7, 11) is 0. The molecule has 0 spiro atoms. The van der Waals surface area contributed by atoms with E-state index >= 15 is 0 Å². The topological polar surface area (TPSA) is 0 Å². The van der Waals surface area contributed by atoms with E-state index in [1.54, 1.807) is 0 Å². The summed E-state index contributed by atoms with van der Waals surface area (Å²) in [5, 5.41) is 0. The first-order chi connectivity index (χ1) is 2.50. The second kappa shape index (κ2) is 3.75. The maximum atomic E-state index is 1.12. The molecule has 0 unspecified atom stereocenters. The van der Waals surface area contributed by atoms with Crippen LogP contribution in [0.3, 0.4) is 0 Å². The monoisotopic (exact) mass is 375 g/mol. The van der Waals surface area contributed by atoms with Gasteiger partial charge in [0.15, 0.2) is 0 Å². The van der Waals surface area contributed by atoms with Crippen molar-refractivity contribution in [3.05, 3.63) is 0 Å². The molecular formula is As5. The zero-order chi connectivity index (χ0) is 3.54. The Kier molecular flexibility index (Phi) is 4.44. The Bertz CT molecular complexity index is 11.6. The van der Waals surface area contributed by atoms with Gasteiger partial charge in [-0.25, -0.2) is 0 Å². The normalized spacial score (nSPS) is 48.0. The van der Waals surface area contributed by atoms with Gasteiger partial charge in [0.1, 0.15) is 0 Å². The van der Waals surface area contributed by atoms with Crippen LogP contribution < -0.4 is 0 Å². The fraction of sp³-hybridized carbons (Fsp3) is 0. The van der Waals surface area contributed by atoms with Crippen LogP contribution >= 0.6 is 0 Å². The van der Waals surface area contributed by atoms with Crippen molar-refractivity contribution >= 4 is 58.1 Å². The summed E-state index contributed by atoms with van der Waals surface area (Å²) in [6.07, 6.45) is 0. The Labute approximate surface area is 56.9 Å². The minimum absolute atomic E-state index is 1.12. The summed E-state index contributed by atoms with van der Waals surface area (Å²) >= 11 is 5.62. The quantitative estimate of drug-likeness (QED) is 0.435. The van der Waals surface area contributed by atoms with Crippen molar-refractivity contribution in [2.75, 3.05) is 0 Å². The second-order valence-electron chi connectivity index (χ2n) is 0.447. The Hall–Kier alpha value is 2.79. The van der Waals surface area contributed by atoms with Crippen molar-refractivity contribution in [1.82, 2.24) is 0 Å². The van der Waals surface area contributed by atoms with Gasteiger partial charge in [0.2, 0.25) is 0 Å². The molecule has 5 heteroatoms. The van der Waals surface area contributed by atoms with Gasteiger partial charge >= 0.3 is 58.1 Å². The molecule has 0 amide bonds. The molecule has 0 N–H and O–H groups in total. The van der Waals surface area contributed by atoms with Crippen molar-refractivity contribution in [2.24, 2.45) is 0 Å². The van der Waals surface area contributed by atoms with Gasteiger partial charge in [-0.1, -0.05) is 0 Å². The molecule has 0 nitrogen and oxygen atoms in total. The van der Waals surface area contributed by atoms with E-state index in [0.29, 0.717) is 0 Å². The zero-order valence-corrected chi connectivity index (χ0v) is 11.6. The van der Waals surface area contributed by atoms with Gasteiger partial charge in [-0.15, -0.1) is 0 Å². The first kappa shape index (κ1) is 5.92. The molecule has 0 bridgehead atoms. The van der Waals surface area contributed by atoms with Crippen LogP contribution in [-0.4, -0.2) is 58.1 Å². The molecule has 1 aliphatic rings. The van der Waals surface area contributed by atoms with Crippen molar-refractivity contribution in [1.29, 1.82) is 0 Å². The minimum atomic E-state index is 1.12. The van der Waals surface area contributed by atoms with Gasteiger partial charge in [-0.05, 0) is 0 Å². The van der Waals surface area contributed by atoms with Gasteiger partial charge < -0.3 is 0 Å². The molecular weight excluding hydrogens is 375 g/mol. The van der Waals surface area contributed by atoms with Crippen LogP contribution in [0.15, 0.2) is 0 Å². The molecule has 1 fully saturated rings. The van der Waals surface area contributed by atoms with Gasteiger partial charge in [0.05, 0.1) is 0 Å². The summed E-state index contributed by atoms with van der Waals surface area (Å²) in [5.41, 5.74) is 0. The first-order valence-corrected chi connectivity index (χ1v) is 27.0. The predicted molar refractivity (Wildman–Crippen MR) is 28.8 cm³/mol. The average molecular weight is 375 g/mol. The van der Waals surface area contributed by atoms with E-state index < -0.39 is 0 Å². The molecule has 5 heavy (non-hydrogen) atoms. The molecule has 0 aromatic carbocycles. The molecule has 1 rings (SSSR count). The molecule has 1 saturated heterocycles. The number of hydrogen-bond acceptors (Lipinski definition) is 0. The summed E-state index contributed by atoms with van der Waals surface area (Å²) < 4.78 is 0. The van der Waals surface area contributed by atoms with E-state index in [9.17, 15) is 0 Å². The molecule has 0 aromatic rings. The second-order valence-corrected chi connectivity index (χ2v) is 62.7. The molecule has 0 atom stereocenters. The standard InChI is InChI=1S/As5/c1-2-4-5-3-1. The summed E-state index contributed by atoms with van der Waals surface area (Å²) in [6, 6.07) is 0. The van der Waals surface area contributed by atoms with Crippen LogP contribution in [-0.2, 0) is 0 Å². The fourth-order valence-electron chi connectivity index (χ4n) is 0.0894. The van der Waals surface area contributed by atoms with Crippen molar-refractivity contribution in [3.63, 3.8) is 0 Å². The summed E-state index contributed by atoms with van der Waals surface area (Å²) in [4.78, 5) is 0. The van der Waals surface area contributed by atoms with Crippen LogP contribution in [0.2, 0.25) is 0 Å². The van der Waals surface area contributed by atoms with E-state index in [1.165, 1.54) is 0 Å². The van der Waals surface area contributed by atoms with E-state index in [0.717, 1.165) is 58.1 Å². The van der Waals surface area contributed by atoms with Crippen molar-refractivity contribution < 1.29 is 0 Å². The van der Waals surface area contributed by atoms with E-state index in [-0.39, 0.29) is 0 Å². The van der Waals surface area contributed by atoms with Crippen LogP contribution in [0.5, 0.6) is 0 Å². The fourth-order valence-corrected chi connectivity index (χ4v) is 339. The third-order valence-corrected chi connectivity index (χ3v) is 146. The first-order valence-electron chi connectivity index (χ1n) is 1.000. The third-order valence-electron chi connectivity index (χ3n) is 0.200. The molecule has 25 valence electrons. The summed E-state index contributed by atoms with van der Waals surface area (Å²) in [6.45, 7) is 0. The van der Waals surface area contributed by atoms with Crippen LogP contribution in [0.25, 0.3) is 0 Å². The molecule has 1 aliphatic heterocycles. The molecule has 0 aromatic heterocycles. The van der Waals surface area contributed by atoms with Crippen LogP contribution in [0.1, 0.15) is 0 Å².